The second-order valence-electron chi connectivity index (χ2n) is 1.83. The third-order valence-electron chi connectivity index (χ3n) is 1.05. The monoisotopic (exact) mass is 153 g/mol. The zero-order chi connectivity index (χ0) is 8.85. The number of ketones is 2. The number of hydrogen-bond acceptors (Lipinski definition) is 4. The lowest BCUT2D eigenvalue weighted by Crippen LogP contribution is -2.22. The van der Waals surface area contributed by atoms with E-state index in [9.17, 15) is 14.4 Å². The molecule has 0 saturated heterocycles. The summed E-state index contributed by atoms with van der Waals surface area (Å²) in [5.41, 5.74) is 0. The van der Waals surface area contributed by atoms with Gasteiger partial charge >= 0.3 is 0 Å². The fraction of sp³-hybridized carbons (Fsp3) is 0.286. The summed E-state index contributed by atoms with van der Waals surface area (Å²) in [6.07, 6.45) is 2.08. The third-order valence-corrected chi connectivity index (χ3v) is 1.05. The van der Waals surface area contributed by atoms with E-state index in [-0.39, 0.29) is 0 Å². The number of rotatable bonds is 4. The summed E-state index contributed by atoms with van der Waals surface area (Å²) in [5.74, 6) is -1.49. The number of allylic oxidation sites excluding steroid dienone is 1. The average molecular weight is 153 g/mol. The quantitative estimate of drug-likeness (QED) is 0.248. The maximum Gasteiger partial charge on any atom is 0.235 e. The van der Waals surface area contributed by atoms with Crippen molar-refractivity contribution in [2.75, 3.05) is 0 Å². The van der Waals surface area contributed by atoms with Crippen LogP contribution in [0.5, 0.6) is 0 Å². The van der Waals surface area contributed by atoms with E-state index >= 15 is 0 Å². The highest BCUT2D eigenvalue weighted by molar-refractivity contribution is 6.43. The van der Waals surface area contributed by atoms with Crippen molar-refractivity contribution in [3.8, 4) is 0 Å². The van der Waals surface area contributed by atoms with Crippen molar-refractivity contribution in [3.05, 3.63) is 12.7 Å². The first-order valence-electron chi connectivity index (χ1n) is 2.91. The van der Waals surface area contributed by atoms with E-state index in [1.165, 1.54) is 13.0 Å². The largest absolute Gasteiger partial charge is 0.288 e. The van der Waals surface area contributed by atoms with E-state index in [0.717, 1.165) is 6.08 Å². The Hall–Kier alpha value is -1.54. The summed E-state index contributed by atoms with van der Waals surface area (Å²) in [4.78, 5) is 34.1. The van der Waals surface area contributed by atoms with Gasteiger partial charge < -0.3 is 0 Å². The van der Waals surface area contributed by atoms with Gasteiger partial charge in [-0.1, -0.05) is 6.58 Å². The molecule has 11 heavy (non-hydrogen) atoms. The van der Waals surface area contributed by atoms with E-state index in [2.05, 4.69) is 11.6 Å². The van der Waals surface area contributed by atoms with Gasteiger partial charge in [-0.2, -0.15) is 4.99 Å². The maximum absolute atomic E-state index is 10.8. The highest BCUT2D eigenvalue weighted by Gasteiger charge is 2.17. The van der Waals surface area contributed by atoms with Crippen LogP contribution in [0.15, 0.2) is 17.6 Å². The van der Waals surface area contributed by atoms with Crippen LogP contribution in [0.4, 0.5) is 0 Å². The number of isocyanates is 1. The predicted molar refractivity (Wildman–Crippen MR) is 37.8 cm³/mol. The minimum absolute atomic E-state index is 0.739. The first-order chi connectivity index (χ1) is 5.13. The molecule has 1 unspecified atom stereocenters. The lowest BCUT2D eigenvalue weighted by Gasteiger charge is -1.96. The van der Waals surface area contributed by atoms with Gasteiger partial charge in [-0.3, -0.25) is 9.59 Å². The Morgan fingerprint density at radius 2 is 2.18 bits per heavy atom. The highest BCUT2D eigenvalue weighted by atomic mass is 16.2. The van der Waals surface area contributed by atoms with Gasteiger partial charge in [0, 0.05) is 0 Å². The molecule has 0 aliphatic carbocycles. The van der Waals surface area contributed by atoms with Crippen molar-refractivity contribution in [3.63, 3.8) is 0 Å². The molecule has 58 valence electrons. The Balaban J connectivity index is 4.36. The molecule has 0 N–H and O–H groups in total. The SMILES string of the molecule is C=CC(=O)C(=O)C(C)N=C=O. The fourth-order valence-corrected chi connectivity index (χ4v) is 0.444. The molecular weight excluding hydrogens is 146 g/mol. The molecular formula is C7H7NO3. The van der Waals surface area contributed by atoms with Crippen molar-refractivity contribution in [1.29, 1.82) is 0 Å². The molecule has 0 bridgehead atoms. The minimum Gasteiger partial charge on any atom is -0.288 e. The lowest BCUT2D eigenvalue weighted by atomic mass is 10.1. The number of hydrogen-bond donors (Lipinski definition) is 0. The van der Waals surface area contributed by atoms with E-state index in [1.54, 1.807) is 0 Å². The summed E-state index contributed by atoms with van der Waals surface area (Å²) < 4.78 is 0. The normalized spacial score (nSPS) is 11.0. The Bertz CT molecular complexity index is 238. The molecule has 0 radical (unpaired) electrons. The molecule has 0 saturated carbocycles. The first kappa shape index (κ1) is 9.46. The summed E-state index contributed by atoms with van der Waals surface area (Å²) >= 11 is 0. The van der Waals surface area contributed by atoms with Gasteiger partial charge in [0.15, 0.2) is 0 Å². The van der Waals surface area contributed by atoms with Crippen LogP contribution in [0.2, 0.25) is 0 Å². The summed E-state index contributed by atoms with van der Waals surface area (Å²) in [7, 11) is 0. The van der Waals surface area contributed by atoms with Gasteiger partial charge in [0.05, 0.1) is 0 Å². The van der Waals surface area contributed by atoms with Crippen molar-refractivity contribution >= 4 is 17.6 Å². The van der Waals surface area contributed by atoms with Gasteiger partial charge in [0.1, 0.15) is 6.04 Å². The molecule has 0 rings (SSSR count). The molecule has 4 nitrogen and oxygen atoms in total. The van der Waals surface area contributed by atoms with Gasteiger partial charge in [0.25, 0.3) is 0 Å². The second kappa shape index (κ2) is 4.30. The number of nitrogens with zero attached hydrogens (tertiary/aromatic N) is 1. The molecule has 1 atom stereocenters. The molecule has 0 aromatic carbocycles. The van der Waals surface area contributed by atoms with E-state index in [1.807, 2.05) is 0 Å². The summed E-state index contributed by atoms with van der Waals surface area (Å²) in [6.45, 7) is 4.46. The molecule has 0 spiro atoms. The maximum atomic E-state index is 10.8. The number of carbonyl (C=O) groups is 2. The lowest BCUT2D eigenvalue weighted by molar-refractivity contribution is -0.134. The second-order valence-corrected chi connectivity index (χ2v) is 1.83. The van der Waals surface area contributed by atoms with Crippen LogP contribution in [0.3, 0.4) is 0 Å². The van der Waals surface area contributed by atoms with Crippen LogP contribution >= 0.6 is 0 Å². The summed E-state index contributed by atoms with van der Waals surface area (Å²) in [6, 6.07) is -0.946. The van der Waals surface area contributed by atoms with E-state index < -0.39 is 17.6 Å². The van der Waals surface area contributed by atoms with Crippen LogP contribution in [-0.2, 0) is 14.4 Å². The molecule has 0 fully saturated rings. The van der Waals surface area contributed by atoms with Crippen LogP contribution < -0.4 is 0 Å². The molecule has 0 aliphatic heterocycles. The van der Waals surface area contributed by atoms with Gasteiger partial charge in [-0.25, -0.2) is 4.79 Å². The Labute approximate surface area is 63.6 Å². The van der Waals surface area contributed by atoms with Crippen molar-refractivity contribution in [2.45, 2.75) is 13.0 Å². The van der Waals surface area contributed by atoms with Crippen LogP contribution in [0, 0.1) is 0 Å². The zero-order valence-corrected chi connectivity index (χ0v) is 6.03. The van der Waals surface area contributed by atoms with Crippen LogP contribution in [-0.4, -0.2) is 23.7 Å². The Morgan fingerprint density at radius 3 is 2.55 bits per heavy atom. The van der Waals surface area contributed by atoms with Gasteiger partial charge in [0.2, 0.25) is 17.6 Å². The molecule has 0 aromatic heterocycles. The summed E-state index contributed by atoms with van der Waals surface area (Å²) in [5, 5.41) is 0. The number of Topliss-reactive ketones (excluding diaryl/α,β-unsaturated/α-hetero) is 1. The molecule has 0 aliphatic rings. The molecule has 0 aromatic rings. The standard InChI is InChI=1S/C7H7NO3/c1-3-6(10)7(11)5(2)8-4-9/h3,5H,1H2,2H3. The Kier molecular flexibility index (Phi) is 3.70. The van der Waals surface area contributed by atoms with Crippen LogP contribution in [0.1, 0.15) is 6.92 Å². The highest BCUT2D eigenvalue weighted by Crippen LogP contribution is 1.91. The number of aliphatic imine (C=N–C) groups is 1. The zero-order valence-electron chi connectivity index (χ0n) is 6.03. The molecule has 0 amide bonds. The van der Waals surface area contributed by atoms with Crippen molar-refractivity contribution < 1.29 is 14.4 Å². The van der Waals surface area contributed by atoms with E-state index in [4.69, 9.17) is 0 Å². The van der Waals surface area contributed by atoms with Gasteiger partial charge in [-0.05, 0) is 13.0 Å². The van der Waals surface area contributed by atoms with Crippen LogP contribution in [0.25, 0.3) is 0 Å². The molecule has 0 heterocycles. The van der Waals surface area contributed by atoms with E-state index in [0.29, 0.717) is 0 Å². The first-order valence-corrected chi connectivity index (χ1v) is 2.91. The number of carbonyl (C=O) groups excluding carboxylic acids is 3. The van der Waals surface area contributed by atoms with Crippen molar-refractivity contribution in [1.82, 2.24) is 0 Å². The molecule has 4 heteroatoms. The predicted octanol–water partition coefficient (Wildman–Crippen LogP) is 0.0349. The van der Waals surface area contributed by atoms with Crippen molar-refractivity contribution in [2.24, 2.45) is 4.99 Å². The average Bonchev–Trinajstić information content (AvgIpc) is 2.02. The third kappa shape index (κ3) is 2.69. The topological polar surface area (TPSA) is 63.6 Å². The van der Waals surface area contributed by atoms with Gasteiger partial charge in [-0.15, -0.1) is 0 Å². The minimum atomic E-state index is -0.946. The Morgan fingerprint density at radius 1 is 1.64 bits per heavy atom. The smallest absolute Gasteiger partial charge is 0.235 e. The fourth-order valence-electron chi connectivity index (χ4n) is 0.444.